The Hall–Kier alpha value is -1.10. The number of hydrogen-bond donors (Lipinski definition) is 1. The summed E-state index contributed by atoms with van der Waals surface area (Å²) in [6.45, 7) is 4.66. The Labute approximate surface area is 102 Å². The van der Waals surface area contributed by atoms with Crippen molar-refractivity contribution >= 4 is 11.8 Å². The highest BCUT2D eigenvalue weighted by Gasteiger charge is 2.41. The Balaban J connectivity index is 1.99. The first-order valence-electron chi connectivity index (χ1n) is 6.36. The molecule has 0 aliphatic carbocycles. The molecule has 0 saturated carbocycles. The zero-order valence-corrected chi connectivity index (χ0v) is 10.6. The Kier molecular flexibility index (Phi) is 3.66. The number of carbonyl (C=O) groups excluding carboxylic acids is 2. The van der Waals surface area contributed by atoms with Gasteiger partial charge >= 0.3 is 0 Å². The largest absolute Gasteiger partial charge is 0.331 e. The van der Waals surface area contributed by atoms with Crippen LogP contribution in [-0.2, 0) is 9.59 Å². The van der Waals surface area contributed by atoms with E-state index in [4.69, 9.17) is 0 Å². The average molecular weight is 239 g/mol. The van der Waals surface area contributed by atoms with Crippen molar-refractivity contribution in [2.45, 2.75) is 25.8 Å². The smallest absolute Gasteiger partial charge is 0.245 e. The molecule has 2 fully saturated rings. The number of carbonyl (C=O) groups is 2. The van der Waals surface area contributed by atoms with Crippen LogP contribution in [-0.4, -0.2) is 60.9 Å². The number of rotatable bonds is 4. The van der Waals surface area contributed by atoms with E-state index in [1.165, 1.54) is 0 Å². The van der Waals surface area contributed by atoms with Gasteiger partial charge in [-0.25, -0.2) is 0 Å². The van der Waals surface area contributed by atoms with Crippen molar-refractivity contribution in [1.29, 1.82) is 0 Å². The zero-order chi connectivity index (χ0) is 12.4. The Morgan fingerprint density at radius 3 is 2.94 bits per heavy atom. The van der Waals surface area contributed by atoms with E-state index in [1.54, 1.807) is 9.80 Å². The van der Waals surface area contributed by atoms with Crippen LogP contribution >= 0.6 is 0 Å². The normalized spacial score (nSPS) is 26.4. The second-order valence-electron chi connectivity index (χ2n) is 5.13. The van der Waals surface area contributed by atoms with Gasteiger partial charge in [0.05, 0.1) is 6.54 Å². The molecule has 5 nitrogen and oxygen atoms in total. The molecule has 0 aromatic heterocycles. The van der Waals surface area contributed by atoms with Gasteiger partial charge in [0.15, 0.2) is 0 Å². The number of hydrogen-bond acceptors (Lipinski definition) is 3. The van der Waals surface area contributed by atoms with Crippen LogP contribution in [0.5, 0.6) is 0 Å². The maximum atomic E-state index is 12.2. The van der Waals surface area contributed by atoms with Crippen LogP contribution < -0.4 is 5.32 Å². The van der Waals surface area contributed by atoms with Crippen molar-refractivity contribution in [3.8, 4) is 0 Å². The molecule has 2 saturated heterocycles. The zero-order valence-electron chi connectivity index (χ0n) is 10.6. The lowest BCUT2D eigenvalue weighted by Crippen LogP contribution is -2.58. The number of nitrogens with zero attached hydrogens (tertiary/aromatic N) is 2. The lowest BCUT2D eigenvalue weighted by Gasteiger charge is -2.37. The third-order valence-electron chi connectivity index (χ3n) is 3.58. The van der Waals surface area contributed by atoms with Crippen LogP contribution in [0.25, 0.3) is 0 Å². The van der Waals surface area contributed by atoms with Crippen LogP contribution in [0.1, 0.15) is 19.8 Å². The summed E-state index contributed by atoms with van der Waals surface area (Å²) in [5, 5.41) is 3.10. The van der Waals surface area contributed by atoms with Gasteiger partial charge in [0, 0.05) is 13.1 Å². The minimum absolute atomic E-state index is 0.115. The van der Waals surface area contributed by atoms with Crippen LogP contribution in [0, 0.1) is 5.92 Å². The average Bonchev–Trinajstić information content (AvgIpc) is 2.75. The lowest BCUT2D eigenvalue weighted by molar-refractivity contribution is -0.154. The van der Waals surface area contributed by atoms with E-state index in [2.05, 4.69) is 12.2 Å². The number of fused-ring (bicyclic) bond motifs is 1. The molecule has 2 heterocycles. The van der Waals surface area contributed by atoms with Gasteiger partial charge in [0.2, 0.25) is 11.8 Å². The molecule has 0 aromatic carbocycles. The summed E-state index contributed by atoms with van der Waals surface area (Å²) in [6.07, 6.45) is 1.80. The molecule has 0 radical (unpaired) electrons. The minimum atomic E-state index is -0.168. The molecule has 2 aliphatic rings. The van der Waals surface area contributed by atoms with E-state index < -0.39 is 0 Å². The molecule has 96 valence electrons. The third-order valence-corrected chi connectivity index (χ3v) is 3.58. The van der Waals surface area contributed by atoms with Crippen molar-refractivity contribution in [2.75, 3.05) is 33.2 Å². The Morgan fingerprint density at radius 2 is 2.24 bits per heavy atom. The molecule has 2 amide bonds. The molecule has 0 bridgehead atoms. The predicted molar refractivity (Wildman–Crippen MR) is 64.4 cm³/mol. The summed E-state index contributed by atoms with van der Waals surface area (Å²) in [4.78, 5) is 27.6. The first-order valence-corrected chi connectivity index (χ1v) is 6.36. The molecule has 2 unspecified atom stereocenters. The van der Waals surface area contributed by atoms with E-state index in [9.17, 15) is 9.59 Å². The summed E-state index contributed by atoms with van der Waals surface area (Å²) < 4.78 is 0. The highest BCUT2D eigenvalue weighted by molar-refractivity contribution is 5.95. The van der Waals surface area contributed by atoms with E-state index in [0.29, 0.717) is 12.5 Å². The van der Waals surface area contributed by atoms with Crippen LogP contribution in [0.2, 0.25) is 0 Å². The van der Waals surface area contributed by atoms with Crippen LogP contribution in [0.15, 0.2) is 0 Å². The molecule has 17 heavy (non-hydrogen) atoms. The number of amides is 2. The monoisotopic (exact) mass is 239 g/mol. The summed E-state index contributed by atoms with van der Waals surface area (Å²) in [5.41, 5.74) is 0. The standard InChI is InChI=1S/C12H21N3O2/c1-9(6-13-2)7-14-8-11(16)15-5-3-4-10(15)12(14)17/h9-10,13H,3-8H2,1-2H3. The highest BCUT2D eigenvalue weighted by atomic mass is 16.2. The second kappa shape index (κ2) is 5.04. The molecule has 1 N–H and O–H groups in total. The van der Waals surface area contributed by atoms with Gasteiger partial charge in [-0.2, -0.15) is 0 Å². The molecule has 5 heteroatoms. The third kappa shape index (κ3) is 2.44. The van der Waals surface area contributed by atoms with Crippen LogP contribution in [0.4, 0.5) is 0 Å². The van der Waals surface area contributed by atoms with E-state index in [0.717, 1.165) is 25.9 Å². The van der Waals surface area contributed by atoms with E-state index in [1.807, 2.05) is 7.05 Å². The maximum absolute atomic E-state index is 12.2. The van der Waals surface area contributed by atoms with Crippen molar-refractivity contribution in [3.05, 3.63) is 0 Å². The molecule has 2 atom stereocenters. The minimum Gasteiger partial charge on any atom is -0.331 e. The van der Waals surface area contributed by atoms with Gasteiger partial charge in [-0.05, 0) is 32.4 Å². The summed E-state index contributed by atoms with van der Waals surface area (Å²) in [5.74, 6) is 0.638. The fourth-order valence-electron chi connectivity index (χ4n) is 2.81. The topological polar surface area (TPSA) is 52.7 Å². The predicted octanol–water partition coefficient (Wildman–Crippen LogP) is -0.325. The van der Waals surface area contributed by atoms with Gasteiger partial charge in [0.1, 0.15) is 6.04 Å². The van der Waals surface area contributed by atoms with Crippen molar-refractivity contribution in [1.82, 2.24) is 15.1 Å². The molecule has 0 aromatic rings. The Morgan fingerprint density at radius 1 is 1.47 bits per heavy atom. The number of piperazine rings is 1. The van der Waals surface area contributed by atoms with Gasteiger partial charge in [-0.1, -0.05) is 6.92 Å². The van der Waals surface area contributed by atoms with Crippen molar-refractivity contribution < 1.29 is 9.59 Å². The first-order chi connectivity index (χ1) is 8.13. The molecule has 2 rings (SSSR count). The molecule has 0 spiro atoms. The summed E-state index contributed by atoms with van der Waals surface area (Å²) in [6, 6.07) is -0.168. The first kappa shape index (κ1) is 12.4. The Bertz CT molecular complexity index is 319. The van der Waals surface area contributed by atoms with Gasteiger partial charge < -0.3 is 15.1 Å². The molecular weight excluding hydrogens is 218 g/mol. The second-order valence-corrected chi connectivity index (χ2v) is 5.13. The van der Waals surface area contributed by atoms with Gasteiger partial charge in [-0.15, -0.1) is 0 Å². The van der Waals surface area contributed by atoms with E-state index in [-0.39, 0.29) is 24.4 Å². The maximum Gasteiger partial charge on any atom is 0.245 e. The van der Waals surface area contributed by atoms with Crippen molar-refractivity contribution in [2.24, 2.45) is 5.92 Å². The number of nitrogens with one attached hydrogen (secondary N) is 1. The summed E-state index contributed by atoms with van der Waals surface area (Å²) >= 11 is 0. The van der Waals surface area contributed by atoms with Crippen molar-refractivity contribution in [3.63, 3.8) is 0 Å². The highest BCUT2D eigenvalue weighted by Crippen LogP contribution is 2.23. The lowest BCUT2D eigenvalue weighted by atomic mass is 10.1. The molecule has 2 aliphatic heterocycles. The van der Waals surface area contributed by atoms with Gasteiger partial charge in [-0.3, -0.25) is 9.59 Å². The summed E-state index contributed by atoms with van der Waals surface area (Å²) in [7, 11) is 1.90. The quantitative estimate of drug-likeness (QED) is 0.731. The van der Waals surface area contributed by atoms with Gasteiger partial charge in [0.25, 0.3) is 0 Å². The fourth-order valence-corrected chi connectivity index (χ4v) is 2.81. The van der Waals surface area contributed by atoms with E-state index >= 15 is 0 Å². The SMILES string of the molecule is CNCC(C)CN1CC(=O)N2CCCC2C1=O. The fraction of sp³-hybridized carbons (Fsp3) is 0.833. The molecular formula is C12H21N3O2. The van der Waals surface area contributed by atoms with Crippen LogP contribution in [0.3, 0.4) is 0 Å².